The van der Waals surface area contributed by atoms with E-state index in [1.165, 1.54) is 6.20 Å². The highest BCUT2D eigenvalue weighted by atomic mass is 16.5. The lowest BCUT2D eigenvalue weighted by Gasteiger charge is -2.36. The number of nitrogens with zero attached hydrogens (tertiary/aromatic N) is 4. The van der Waals surface area contributed by atoms with Crippen LogP contribution in [0.1, 0.15) is 28.5 Å². The maximum atomic E-state index is 13.3. The lowest BCUT2D eigenvalue weighted by atomic mass is 10.2. The summed E-state index contributed by atoms with van der Waals surface area (Å²) >= 11 is 0. The van der Waals surface area contributed by atoms with E-state index in [2.05, 4.69) is 16.9 Å². The number of aromatic nitrogens is 1. The molecule has 3 rings (SSSR count). The molecule has 0 spiro atoms. The molecule has 0 unspecified atom stereocenters. The molecule has 0 atom stereocenters. The van der Waals surface area contributed by atoms with E-state index in [9.17, 15) is 9.59 Å². The minimum atomic E-state index is -0.393. The fourth-order valence-corrected chi connectivity index (χ4v) is 3.25. The highest BCUT2D eigenvalue weighted by Gasteiger charge is 2.26. The number of anilines is 1. The van der Waals surface area contributed by atoms with Crippen molar-refractivity contribution in [2.75, 3.05) is 44.7 Å². The minimum Gasteiger partial charge on any atom is -0.462 e. The summed E-state index contributed by atoms with van der Waals surface area (Å²) in [6.45, 7) is 7.55. The van der Waals surface area contributed by atoms with Gasteiger partial charge < -0.3 is 14.5 Å². The lowest BCUT2D eigenvalue weighted by Crippen LogP contribution is -2.52. The van der Waals surface area contributed by atoms with Crippen molar-refractivity contribution in [1.82, 2.24) is 14.8 Å². The van der Waals surface area contributed by atoms with Crippen molar-refractivity contribution in [2.45, 2.75) is 20.4 Å². The van der Waals surface area contributed by atoms with Gasteiger partial charge in [-0.2, -0.15) is 0 Å². The van der Waals surface area contributed by atoms with Gasteiger partial charge in [0.15, 0.2) is 0 Å². The first-order valence-corrected chi connectivity index (χ1v) is 9.91. The van der Waals surface area contributed by atoms with E-state index in [-0.39, 0.29) is 6.03 Å². The molecule has 1 saturated heterocycles. The van der Waals surface area contributed by atoms with Gasteiger partial charge in [-0.25, -0.2) is 9.59 Å². The summed E-state index contributed by atoms with van der Waals surface area (Å²) in [5, 5.41) is 0. The Kier molecular flexibility index (Phi) is 6.82. The number of pyridine rings is 1. The molecule has 1 aliphatic rings. The molecule has 0 N–H and O–H groups in total. The second-order valence-electron chi connectivity index (χ2n) is 7.26. The Bertz CT molecular complexity index is 845. The van der Waals surface area contributed by atoms with Crippen molar-refractivity contribution in [2.24, 2.45) is 0 Å². The van der Waals surface area contributed by atoms with Gasteiger partial charge in [0, 0.05) is 38.1 Å². The van der Waals surface area contributed by atoms with Crippen LogP contribution in [0.2, 0.25) is 0 Å². The summed E-state index contributed by atoms with van der Waals surface area (Å²) < 4.78 is 5.00. The summed E-state index contributed by atoms with van der Waals surface area (Å²) in [6, 6.07) is 11.3. The Morgan fingerprint density at radius 1 is 1.14 bits per heavy atom. The monoisotopic (exact) mass is 396 g/mol. The zero-order chi connectivity index (χ0) is 20.8. The zero-order valence-electron chi connectivity index (χ0n) is 17.3. The van der Waals surface area contributed by atoms with Crippen LogP contribution >= 0.6 is 0 Å². The van der Waals surface area contributed by atoms with Crippen LogP contribution in [0, 0.1) is 6.92 Å². The van der Waals surface area contributed by atoms with Gasteiger partial charge in [0.1, 0.15) is 0 Å². The Hall–Kier alpha value is -2.93. The van der Waals surface area contributed by atoms with E-state index in [4.69, 9.17) is 4.74 Å². The number of benzene rings is 1. The average Bonchev–Trinajstić information content (AvgIpc) is 2.72. The van der Waals surface area contributed by atoms with E-state index in [1.807, 2.05) is 36.1 Å². The van der Waals surface area contributed by atoms with Crippen LogP contribution < -0.4 is 4.90 Å². The van der Waals surface area contributed by atoms with E-state index in [0.29, 0.717) is 37.5 Å². The molecule has 0 aliphatic carbocycles. The van der Waals surface area contributed by atoms with E-state index < -0.39 is 5.97 Å². The van der Waals surface area contributed by atoms with Crippen molar-refractivity contribution in [3.63, 3.8) is 0 Å². The molecule has 154 valence electrons. The second kappa shape index (κ2) is 9.52. The Labute approximate surface area is 171 Å². The number of carbonyl (C=O) groups is 2. The maximum Gasteiger partial charge on any atom is 0.339 e. The second-order valence-corrected chi connectivity index (χ2v) is 7.26. The number of hydrogen-bond acceptors (Lipinski definition) is 5. The Morgan fingerprint density at radius 3 is 2.52 bits per heavy atom. The summed E-state index contributed by atoms with van der Waals surface area (Å²) in [6.07, 6.45) is 1.50. The molecule has 0 saturated carbocycles. The Morgan fingerprint density at radius 2 is 1.90 bits per heavy atom. The number of likely N-dealkylation sites (N-methyl/N-ethyl adjacent to an activating group) is 1. The van der Waals surface area contributed by atoms with Crippen molar-refractivity contribution in [1.29, 1.82) is 0 Å². The number of rotatable bonds is 5. The molecule has 1 fully saturated rings. The summed E-state index contributed by atoms with van der Waals surface area (Å²) in [5.41, 5.74) is 3.04. The van der Waals surface area contributed by atoms with Crippen molar-refractivity contribution in [3.8, 4) is 0 Å². The molecule has 0 radical (unpaired) electrons. The molecule has 29 heavy (non-hydrogen) atoms. The summed E-state index contributed by atoms with van der Waals surface area (Å²) in [5.74, 6) is -0.393. The molecule has 7 nitrogen and oxygen atoms in total. The molecule has 1 aliphatic heterocycles. The maximum absolute atomic E-state index is 13.3. The van der Waals surface area contributed by atoms with Crippen LogP contribution in [-0.4, -0.2) is 66.6 Å². The first-order valence-electron chi connectivity index (χ1n) is 9.91. The standard InChI is InChI=1S/C22H28N4O3/c1-4-29-21(27)18-8-9-19(23-15-18)16-26(20-7-5-6-17(2)14-20)22(28)25-12-10-24(3)11-13-25/h5-9,14-15H,4,10-13,16H2,1-3H3. The molecule has 2 amide bonds. The van der Waals surface area contributed by atoms with Gasteiger partial charge in [-0.05, 0) is 50.7 Å². The predicted molar refractivity (Wildman–Crippen MR) is 112 cm³/mol. The average molecular weight is 396 g/mol. The number of urea groups is 1. The number of hydrogen-bond donors (Lipinski definition) is 0. The molecule has 2 heterocycles. The van der Waals surface area contributed by atoms with Crippen molar-refractivity contribution >= 4 is 17.7 Å². The lowest BCUT2D eigenvalue weighted by molar-refractivity contribution is 0.0526. The van der Waals surface area contributed by atoms with Gasteiger partial charge in [-0.15, -0.1) is 0 Å². The summed E-state index contributed by atoms with van der Waals surface area (Å²) in [7, 11) is 2.06. The van der Waals surface area contributed by atoms with Crippen molar-refractivity contribution in [3.05, 3.63) is 59.4 Å². The number of ether oxygens (including phenoxy) is 1. The van der Waals surface area contributed by atoms with Gasteiger partial charge in [0.05, 0.1) is 24.4 Å². The van der Waals surface area contributed by atoms with Gasteiger partial charge in [-0.1, -0.05) is 12.1 Å². The van der Waals surface area contributed by atoms with Crippen LogP contribution in [0.3, 0.4) is 0 Å². The highest BCUT2D eigenvalue weighted by molar-refractivity contribution is 5.92. The quantitative estimate of drug-likeness (QED) is 0.727. The van der Waals surface area contributed by atoms with Crippen LogP contribution in [0.4, 0.5) is 10.5 Å². The number of amides is 2. The van der Waals surface area contributed by atoms with E-state index >= 15 is 0 Å². The van der Waals surface area contributed by atoms with E-state index in [0.717, 1.165) is 24.3 Å². The fourth-order valence-electron chi connectivity index (χ4n) is 3.25. The molecular formula is C22H28N4O3. The van der Waals surface area contributed by atoms with E-state index in [1.54, 1.807) is 24.0 Å². The highest BCUT2D eigenvalue weighted by Crippen LogP contribution is 2.21. The summed E-state index contributed by atoms with van der Waals surface area (Å²) in [4.78, 5) is 35.4. The number of aryl methyl sites for hydroxylation is 1. The predicted octanol–water partition coefficient (Wildman–Crippen LogP) is 2.94. The first-order chi connectivity index (χ1) is 14.0. The zero-order valence-corrected chi connectivity index (χ0v) is 17.3. The molecule has 1 aromatic heterocycles. The van der Waals surface area contributed by atoms with Crippen LogP contribution in [0.15, 0.2) is 42.6 Å². The van der Waals surface area contributed by atoms with Gasteiger partial charge in [-0.3, -0.25) is 9.88 Å². The first kappa shape index (κ1) is 20.8. The molecule has 0 bridgehead atoms. The minimum absolute atomic E-state index is 0.0278. The smallest absolute Gasteiger partial charge is 0.339 e. The van der Waals surface area contributed by atoms with Gasteiger partial charge in [0.2, 0.25) is 0 Å². The number of esters is 1. The SMILES string of the molecule is CCOC(=O)c1ccc(CN(C(=O)N2CCN(C)CC2)c2cccc(C)c2)nc1. The normalized spacial score (nSPS) is 14.5. The van der Waals surface area contributed by atoms with Crippen molar-refractivity contribution < 1.29 is 14.3 Å². The number of carbonyl (C=O) groups excluding carboxylic acids is 2. The fraction of sp³-hybridized carbons (Fsp3) is 0.409. The molecule has 1 aromatic carbocycles. The van der Waals surface area contributed by atoms with Crippen LogP contribution in [0.25, 0.3) is 0 Å². The van der Waals surface area contributed by atoms with Gasteiger partial charge >= 0.3 is 12.0 Å². The third kappa shape index (κ3) is 5.32. The Balaban J connectivity index is 1.81. The largest absolute Gasteiger partial charge is 0.462 e. The molecule has 2 aromatic rings. The molecular weight excluding hydrogens is 368 g/mol. The topological polar surface area (TPSA) is 66.0 Å². The third-order valence-electron chi connectivity index (χ3n) is 4.97. The number of piperazine rings is 1. The third-order valence-corrected chi connectivity index (χ3v) is 4.97. The molecule has 7 heteroatoms. The van der Waals surface area contributed by atoms with Gasteiger partial charge in [0.25, 0.3) is 0 Å². The van der Waals surface area contributed by atoms with Crippen LogP contribution in [0.5, 0.6) is 0 Å². The van der Waals surface area contributed by atoms with Crippen LogP contribution in [-0.2, 0) is 11.3 Å².